The lowest BCUT2D eigenvalue weighted by molar-refractivity contribution is 0.591. The van der Waals surface area contributed by atoms with Crippen LogP contribution >= 0.6 is 0 Å². The first-order chi connectivity index (χ1) is 36.0. The Morgan fingerprint density at radius 2 is 0.811 bits per heavy atom. The molecule has 0 spiro atoms. The molecule has 0 fully saturated rings. The van der Waals surface area contributed by atoms with Crippen molar-refractivity contribution in [2.24, 2.45) is 0 Å². The first-order valence-corrected chi connectivity index (χ1v) is 26.0. The van der Waals surface area contributed by atoms with Crippen molar-refractivity contribution in [1.29, 1.82) is 0 Å². The number of rotatable bonds is 6. The Bertz CT molecular complexity index is 4630. The van der Waals surface area contributed by atoms with Crippen LogP contribution in [0.25, 0.3) is 98.0 Å². The highest BCUT2D eigenvalue weighted by Crippen LogP contribution is 2.53. The summed E-state index contributed by atoms with van der Waals surface area (Å²) in [6.45, 7) is 14.0. The van der Waals surface area contributed by atoms with Crippen molar-refractivity contribution in [1.82, 2.24) is 13.8 Å². The molecular weight excluding hydrogens is 899 g/mol. The van der Waals surface area contributed by atoms with E-state index in [4.69, 9.17) is 4.98 Å². The second kappa shape index (κ2) is 15.3. The molecule has 5 heteroatoms. The van der Waals surface area contributed by atoms with Crippen molar-refractivity contribution in [3.8, 4) is 0 Å². The number of hydrogen-bond acceptors (Lipinski definition) is 3. The SMILES string of the molecule is CC(C)(C)c1cc(N(c2ccccc2)c2ccccc2)c2c(c1)c1c3ccccc3cc3c4cc5c(nc4n2c31)c1cc(C(C)(C)C)cc2c3cc4ccccc4c(N(c4ccccc4)c4ccccc4)c3n5c21. The minimum atomic E-state index is -0.134. The minimum absolute atomic E-state index is 0.129. The van der Waals surface area contributed by atoms with E-state index in [-0.39, 0.29) is 10.8 Å². The summed E-state index contributed by atoms with van der Waals surface area (Å²) in [7, 11) is 0. The Morgan fingerprint density at radius 3 is 1.39 bits per heavy atom. The largest absolute Gasteiger partial charge is 0.308 e. The molecule has 5 aromatic heterocycles. The van der Waals surface area contributed by atoms with Crippen molar-refractivity contribution < 1.29 is 0 Å². The van der Waals surface area contributed by atoms with E-state index in [1.807, 2.05) is 0 Å². The lowest BCUT2D eigenvalue weighted by atomic mass is 9.85. The lowest BCUT2D eigenvalue weighted by Crippen LogP contribution is -2.15. The molecule has 0 aliphatic rings. The highest BCUT2D eigenvalue weighted by molar-refractivity contribution is 6.34. The average Bonchev–Trinajstić information content (AvgIpc) is 4.18. The fourth-order valence-corrected chi connectivity index (χ4v) is 12.4. The number of para-hydroxylation sites is 4. The van der Waals surface area contributed by atoms with Crippen molar-refractivity contribution in [2.75, 3.05) is 9.80 Å². The molecule has 0 unspecified atom stereocenters. The van der Waals surface area contributed by atoms with Crippen LogP contribution in [0.15, 0.2) is 212 Å². The van der Waals surface area contributed by atoms with E-state index in [2.05, 4.69) is 272 Å². The summed E-state index contributed by atoms with van der Waals surface area (Å²) in [4.78, 5) is 11.0. The maximum atomic E-state index is 6.11. The third-order valence-electron chi connectivity index (χ3n) is 15.9. The van der Waals surface area contributed by atoms with E-state index < -0.39 is 0 Å². The van der Waals surface area contributed by atoms with E-state index in [1.54, 1.807) is 0 Å². The van der Waals surface area contributed by atoms with Crippen LogP contribution in [-0.4, -0.2) is 13.8 Å². The normalized spacial score (nSPS) is 12.7. The molecule has 5 heterocycles. The molecule has 0 atom stereocenters. The molecule has 0 saturated heterocycles. The predicted octanol–water partition coefficient (Wildman–Crippen LogP) is 19.2. The summed E-state index contributed by atoms with van der Waals surface area (Å²) >= 11 is 0. The van der Waals surface area contributed by atoms with Crippen LogP contribution in [0.2, 0.25) is 0 Å². The molecule has 15 aromatic rings. The number of fused-ring (bicyclic) bond motifs is 15. The smallest absolute Gasteiger partial charge is 0.146 e. The second-order valence-electron chi connectivity index (χ2n) is 22.4. The Kier molecular flexibility index (Phi) is 8.83. The van der Waals surface area contributed by atoms with Gasteiger partial charge in [0.2, 0.25) is 0 Å². The van der Waals surface area contributed by atoms with E-state index in [0.717, 1.165) is 61.7 Å². The van der Waals surface area contributed by atoms with Gasteiger partial charge in [-0.2, -0.15) is 0 Å². The van der Waals surface area contributed by atoms with Crippen LogP contribution in [0, 0.1) is 0 Å². The van der Waals surface area contributed by atoms with Crippen molar-refractivity contribution >= 4 is 132 Å². The summed E-state index contributed by atoms with van der Waals surface area (Å²) in [6, 6.07) is 78.6. The molecule has 0 aliphatic carbocycles. The molecule has 10 aromatic carbocycles. The molecule has 74 heavy (non-hydrogen) atoms. The molecule has 0 saturated carbocycles. The maximum Gasteiger partial charge on any atom is 0.146 e. The maximum absolute atomic E-state index is 6.11. The van der Waals surface area contributed by atoms with Gasteiger partial charge in [-0.3, -0.25) is 4.40 Å². The van der Waals surface area contributed by atoms with E-state index in [0.29, 0.717) is 0 Å². The van der Waals surface area contributed by atoms with Gasteiger partial charge < -0.3 is 14.2 Å². The van der Waals surface area contributed by atoms with Crippen LogP contribution in [-0.2, 0) is 10.8 Å². The molecule has 5 nitrogen and oxygen atoms in total. The van der Waals surface area contributed by atoms with Gasteiger partial charge in [0.25, 0.3) is 0 Å². The van der Waals surface area contributed by atoms with E-state index in [9.17, 15) is 0 Å². The number of anilines is 6. The molecule has 15 rings (SSSR count). The van der Waals surface area contributed by atoms with Crippen molar-refractivity contribution in [2.45, 2.75) is 52.4 Å². The van der Waals surface area contributed by atoms with Crippen molar-refractivity contribution in [3.63, 3.8) is 0 Å². The number of pyridine rings is 1. The number of hydrogen-bond donors (Lipinski definition) is 0. The van der Waals surface area contributed by atoms with Gasteiger partial charge in [-0.1, -0.05) is 163 Å². The highest BCUT2D eigenvalue weighted by Gasteiger charge is 2.32. The Hall–Kier alpha value is -8.93. The summed E-state index contributed by atoms with van der Waals surface area (Å²) in [5, 5.41) is 13.3. The Morgan fingerprint density at radius 1 is 0.351 bits per heavy atom. The monoisotopic (exact) mass is 951 g/mol. The van der Waals surface area contributed by atoms with Gasteiger partial charge in [-0.15, -0.1) is 0 Å². The molecule has 354 valence electrons. The molecule has 0 amide bonds. The first kappa shape index (κ1) is 42.7. The molecular formula is C69H53N5. The summed E-state index contributed by atoms with van der Waals surface area (Å²) < 4.78 is 5.11. The van der Waals surface area contributed by atoms with Crippen LogP contribution in [0.1, 0.15) is 52.7 Å². The summed E-state index contributed by atoms with van der Waals surface area (Å²) in [6.07, 6.45) is 0. The van der Waals surface area contributed by atoms with Crippen molar-refractivity contribution in [3.05, 3.63) is 223 Å². The fourth-order valence-electron chi connectivity index (χ4n) is 12.4. The third-order valence-corrected chi connectivity index (χ3v) is 15.9. The summed E-state index contributed by atoms with van der Waals surface area (Å²) in [5.74, 6) is 0. The standard InChI is InChI=1S/C69H53N5/c1-68(2,3)44-37-54-52-36-43-24-20-22-34-51(43)65(72(48-29-15-9-16-30-48)49-31-17-10-18-32-49)66(52)73-58-41-55-53-35-42-23-19-21-33-50(42)60-56-38-45(69(4,5)6)40-59(71(46-25-11-7-12-26-46)47-27-13-8-14-28-47)63(56)74(64(53)60)67(55)70-61(58)57(39-44)62(54)73/h7-41H,1-6H3. The molecule has 0 N–H and O–H groups in total. The van der Waals surface area contributed by atoms with Gasteiger partial charge in [0.15, 0.2) is 0 Å². The van der Waals surface area contributed by atoms with Crippen LogP contribution in [0.4, 0.5) is 34.1 Å². The highest BCUT2D eigenvalue weighted by atomic mass is 15.2. The zero-order valence-corrected chi connectivity index (χ0v) is 42.4. The fraction of sp³-hybridized carbons (Fsp3) is 0.116. The number of benzene rings is 10. The Labute approximate surface area is 429 Å². The Balaban J connectivity index is 1.17. The van der Waals surface area contributed by atoms with Crippen LogP contribution in [0.5, 0.6) is 0 Å². The topological polar surface area (TPSA) is 28.2 Å². The quantitative estimate of drug-likeness (QED) is 0.166. The van der Waals surface area contributed by atoms with Gasteiger partial charge >= 0.3 is 0 Å². The molecule has 0 radical (unpaired) electrons. The minimum Gasteiger partial charge on any atom is -0.308 e. The molecule has 0 bridgehead atoms. The van der Waals surface area contributed by atoms with E-state index >= 15 is 0 Å². The van der Waals surface area contributed by atoms with E-state index in [1.165, 1.54) is 81.5 Å². The first-order valence-electron chi connectivity index (χ1n) is 26.0. The van der Waals surface area contributed by atoms with Gasteiger partial charge in [0, 0.05) is 65.8 Å². The van der Waals surface area contributed by atoms with Crippen LogP contribution in [0.3, 0.4) is 0 Å². The van der Waals surface area contributed by atoms with Gasteiger partial charge in [-0.25, -0.2) is 4.98 Å². The summed E-state index contributed by atoms with van der Waals surface area (Å²) in [5.41, 5.74) is 16.8. The van der Waals surface area contributed by atoms with Gasteiger partial charge in [0.05, 0.1) is 44.5 Å². The average molecular weight is 952 g/mol. The zero-order chi connectivity index (χ0) is 49.8. The molecule has 0 aliphatic heterocycles. The van der Waals surface area contributed by atoms with Gasteiger partial charge in [0.1, 0.15) is 5.65 Å². The third kappa shape index (κ3) is 6.01. The second-order valence-corrected chi connectivity index (χ2v) is 22.4. The predicted molar refractivity (Wildman–Crippen MR) is 315 cm³/mol. The number of aromatic nitrogens is 3. The van der Waals surface area contributed by atoms with Crippen LogP contribution < -0.4 is 9.80 Å². The zero-order valence-electron chi connectivity index (χ0n) is 42.4. The van der Waals surface area contributed by atoms with Gasteiger partial charge in [-0.05, 0) is 129 Å². The number of nitrogens with zero attached hydrogens (tertiary/aromatic N) is 5. The lowest BCUT2D eigenvalue weighted by Gasteiger charge is -2.29.